The van der Waals surface area contributed by atoms with Gasteiger partial charge in [0.15, 0.2) is 11.5 Å². The van der Waals surface area contributed by atoms with Gasteiger partial charge in [0.25, 0.3) is 5.91 Å². The van der Waals surface area contributed by atoms with Crippen LogP contribution in [0.2, 0.25) is 0 Å². The number of anilines is 1. The molecule has 5 nitrogen and oxygen atoms in total. The van der Waals surface area contributed by atoms with E-state index in [0.717, 1.165) is 49.2 Å². The molecule has 0 bridgehead atoms. The first-order valence-electron chi connectivity index (χ1n) is 10.4. The number of benzene rings is 2. The van der Waals surface area contributed by atoms with E-state index in [1.165, 1.54) is 5.56 Å². The number of phenolic OH excluding ortho intramolecular Hbond substituents is 1. The highest BCUT2D eigenvalue weighted by Gasteiger charge is 2.40. The fourth-order valence-corrected chi connectivity index (χ4v) is 5.11. The van der Waals surface area contributed by atoms with E-state index in [4.69, 9.17) is 4.74 Å². The van der Waals surface area contributed by atoms with Gasteiger partial charge in [-0.05, 0) is 54.5 Å². The van der Waals surface area contributed by atoms with Gasteiger partial charge in [-0.3, -0.25) is 4.79 Å². The predicted octanol–water partition coefficient (Wildman–Crippen LogP) is 4.46. The third-order valence-electron chi connectivity index (χ3n) is 6.58. The molecule has 1 amide bonds. The highest BCUT2D eigenvalue weighted by Crippen LogP contribution is 2.51. The molecule has 2 aromatic rings. The first-order valence-corrected chi connectivity index (χ1v) is 10.4. The van der Waals surface area contributed by atoms with E-state index in [2.05, 4.69) is 23.5 Å². The van der Waals surface area contributed by atoms with Crippen LogP contribution in [0.15, 0.2) is 48.6 Å². The van der Waals surface area contributed by atoms with E-state index < -0.39 is 0 Å². The lowest BCUT2D eigenvalue weighted by atomic mass is 9.76. The normalized spacial score (nSPS) is 24.7. The highest BCUT2D eigenvalue weighted by atomic mass is 16.5. The lowest BCUT2D eigenvalue weighted by molar-refractivity contribution is 0.0793. The largest absolute Gasteiger partial charge is 0.504 e. The van der Waals surface area contributed by atoms with Gasteiger partial charge in [0.1, 0.15) is 0 Å². The van der Waals surface area contributed by atoms with Crippen LogP contribution in [0.1, 0.15) is 52.7 Å². The van der Waals surface area contributed by atoms with Gasteiger partial charge in [-0.25, -0.2) is 0 Å². The molecule has 3 unspecified atom stereocenters. The molecule has 2 aliphatic heterocycles. The number of ether oxygens (including phenoxy) is 1. The second-order valence-corrected chi connectivity index (χ2v) is 8.18. The van der Waals surface area contributed by atoms with Gasteiger partial charge in [-0.15, -0.1) is 0 Å². The van der Waals surface area contributed by atoms with Crippen molar-refractivity contribution in [2.45, 2.75) is 31.2 Å². The molecule has 0 spiro atoms. The first kappa shape index (κ1) is 18.1. The monoisotopic (exact) mass is 390 g/mol. The number of nitrogens with zero attached hydrogens (tertiary/aromatic N) is 1. The maximum atomic E-state index is 13.2. The Balaban J connectivity index is 1.57. The number of fused-ring (bicyclic) bond motifs is 3. The number of methoxy groups -OCH3 is 1. The SMILES string of the molecule is COc1cc(C2Nc3c(C(=O)N4CCCC4)cccc3C3C=CCC32)ccc1O. The molecular formula is C24H26N2O3. The molecule has 1 fully saturated rings. The minimum Gasteiger partial charge on any atom is -0.504 e. The first-order chi connectivity index (χ1) is 14.2. The molecule has 3 atom stereocenters. The van der Waals surface area contributed by atoms with Crippen LogP contribution < -0.4 is 10.1 Å². The number of carbonyl (C=O) groups excluding carboxylic acids is 1. The number of amides is 1. The molecule has 150 valence electrons. The van der Waals surface area contributed by atoms with Gasteiger partial charge < -0.3 is 20.1 Å². The van der Waals surface area contributed by atoms with Crippen LogP contribution in [0.3, 0.4) is 0 Å². The molecule has 0 aromatic heterocycles. The zero-order chi connectivity index (χ0) is 20.0. The third kappa shape index (κ3) is 2.96. The van der Waals surface area contributed by atoms with Gasteiger partial charge in [0.05, 0.1) is 24.4 Å². The smallest absolute Gasteiger partial charge is 0.255 e. The minimum absolute atomic E-state index is 0.0459. The Morgan fingerprint density at radius 1 is 1.21 bits per heavy atom. The van der Waals surface area contributed by atoms with Crippen molar-refractivity contribution in [1.29, 1.82) is 0 Å². The summed E-state index contributed by atoms with van der Waals surface area (Å²) in [6.07, 6.45) is 7.66. The van der Waals surface area contributed by atoms with Crippen molar-refractivity contribution in [3.8, 4) is 11.5 Å². The molecule has 3 aliphatic rings. The van der Waals surface area contributed by atoms with Crippen LogP contribution in [0.5, 0.6) is 11.5 Å². The van der Waals surface area contributed by atoms with Crippen molar-refractivity contribution in [3.63, 3.8) is 0 Å². The van der Waals surface area contributed by atoms with Crippen LogP contribution in [0, 0.1) is 5.92 Å². The molecule has 1 aliphatic carbocycles. The highest BCUT2D eigenvalue weighted by molar-refractivity contribution is 6.01. The van der Waals surface area contributed by atoms with Crippen molar-refractivity contribution < 1.29 is 14.6 Å². The summed E-state index contributed by atoms with van der Waals surface area (Å²) in [6.45, 7) is 1.68. The van der Waals surface area contributed by atoms with Gasteiger partial charge in [0, 0.05) is 19.0 Å². The average molecular weight is 390 g/mol. The Kier molecular flexibility index (Phi) is 4.46. The van der Waals surface area contributed by atoms with Crippen LogP contribution >= 0.6 is 0 Å². The molecule has 29 heavy (non-hydrogen) atoms. The molecule has 0 radical (unpaired) electrons. The predicted molar refractivity (Wildman–Crippen MR) is 113 cm³/mol. The van der Waals surface area contributed by atoms with Crippen molar-refractivity contribution in [2.24, 2.45) is 5.92 Å². The molecule has 2 N–H and O–H groups in total. The number of carbonyl (C=O) groups is 1. The maximum absolute atomic E-state index is 13.2. The second kappa shape index (κ2) is 7.14. The van der Waals surface area contributed by atoms with Crippen LogP contribution in [0.25, 0.3) is 0 Å². The molecule has 1 saturated heterocycles. The second-order valence-electron chi connectivity index (χ2n) is 8.18. The van der Waals surface area contributed by atoms with Crippen LogP contribution in [0.4, 0.5) is 5.69 Å². The summed E-state index contributed by atoms with van der Waals surface area (Å²) < 4.78 is 5.33. The summed E-state index contributed by atoms with van der Waals surface area (Å²) in [5.74, 6) is 1.38. The summed E-state index contributed by atoms with van der Waals surface area (Å²) in [4.78, 5) is 15.2. The Labute approximate surface area is 171 Å². The van der Waals surface area contributed by atoms with Crippen molar-refractivity contribution in [2.75, 3.05) is 25.5 Å². The van der Waals surface area contributed by atoms with Crippen molar-refractivity contribution in [1.82, 2.24) is 4.90 Å². The third-order valence-corrected chi connectivity index (χ3v) is 6.58. The van der Waals surface area contributed by atoms with Gasteiger partial charge in [-0.2, -0.15) is 0 Å². The Morgan fingerprint density at radius 2 is 2.03 bits per heavy atom. The number of allylic oxidation sites excluding steroid dienone is 2. The summed E-state index contributed by atoms with van der Waals surface area (Å²) >= 11 is 0. The van der Waals surface area contributed by atoms with E-state index in [9.17, 15) is 9.90 Å². The Hall–Kier alpha value is -2.95. The Bertz CT molecular complexity index is 978. The maximum Gasteiger partial charge on any atom is 0.255 e. The van der Waals surface area contributed by atoms with Crippen LogP contribution in [-0.4, -0.2) is 36.1 Å². The van der Waals surface area contributed by atoms with Crippen LogP contribution in [-0.2, 0) is 0 Å². The fourth-order valence-electron chi connectivity index (χ4n) is 5.11. The van der Waals surface area contributed by atoms with Crippen molar-refractivity contribution in [3.05, 3.63) is 65.2 Å². The molecule has 0 saturated carbocycles. The summed E-state index contributed by atoms with van der Waals surface area (Å²) in [7, 11) is 1.56. The van der Waals surface area contributed by atoms with Gasteiger partial charge in [0.2, 0.25) is 0 Å². The lowest BCUT2D eigenvalue weighted by Gasteiger charge is -2.38. The van der Waals surface area contributed by atoms with Gasteiger partial charge in [-0.1, -0.05) is 30.4 Å². The quantitative estimate of drug-likeness (QED) is 0.760. The lowest BCUT2D eigenvalue weighted by Crippen LogP contribution is -2.33. The fraction of sp³-hybridized carbons (Fsp3) is 0.375. The molecule has 2 aromatic carbocycles. The molecule has 5 heteroatoms. The molecule has 2 heterocycles. The minimum atomic E-state index is 0.0459. The average Bonchev–Trinajstić information content (AvgIpc) is 3.45. The van der Waals surface area contributed by atoms with Crippen molar-refractivity contribution >= 4 is 11.6 Å². The number of likely N-dealkylation sites (tertiary alicyclic amines) is 1. The standard InChI is InChI=1S/C24H26N2O3/c1-29-21-14-15(10-11-20(21)27)22-17-7-4-6-16(17)18-8-5-9-19(23(18)25-22)24(28)26-12-2-3-13-26/h4-6,8-11,14,16-17,22,25,27H,2-3,7,12-13H2,1H3. The van der Waals surface area contributed by atoms with E-state index in [-0.39, 0.29) is 23.6 Å². The number of hydrogen-bond donors (Lipinski definition) is 2. The topological polar surface area (TPSA) is 61.8 Å². The van der Waals surface area contributed by atoms with E-state index in [0.29, 0.717) is 11.7 Å². The number of para-hydroxylation sites is 1. The number of aromatic hydroxyl groups is 1. The summed E-state index contributed by atoms with van der Waals surface area (Å²) in [5.41, 5.74) is 3.98. The number of rotatable bonds is 3. The molecular weight excluding hydrogens is 364 g/mol. The summed E-state index contributed by atoms with van der Waals surface area (Å²) in [5, 5.41) is 13.7. The number of phenols is 1. The Morgan fingerprint density at radius 3 is 2.83 bits per heavy atom. The van der Waals surface area contributed by atoms with E-state index >= 15 is 0 Å². The van der Waals surface area contributed by atoms with E-state index in [1.54, 1.807) is 13.2 Å². The number of hydrogen-bond acceptors (Lipinski definition) is 4. The van der Waals surface area contributed by atoms with Gasteiger partial charge >= 0.3 is 0 Å². The summed E-state index contributed by atoms with van der Waals surface area (Å²) in [6, 6.07) is 11.7. The molecule has 5 rings (SSSR count). The number of nitrogens with one attached hydrogen (secondary N) is 1. The zero-order valence-electron chi connectivity index (χ0n) is 16.6. The zero-order valence-corrected chi connectivity index (χ0v) is 16.6. The van der Waals surface area contributed by atoms with E-state index in [1.807, 2.05) is 29.2 Å².